The number of ether oxygens (including phenoxy) is 1. The fraction of sp³-hybridized carbons (Fsp3) is 0.600. The largest absolute Gasteiger partial charge is 0.494 e. The highest BCUT2D eigenvalue weighted by molar-refractivity contribution is 5.49. The van der Waals surface area contributed by atoms with Gasteiger partial charge in [-0.2, -0.15) is 0 Å². The van der Waals surface area contributed by atoms with Gasteiger partial charge in [-0.15, -0.1) is 0 Å². The Hall–Kier alpha value is -1.18. The summed E-state index contributed by atoms with van der Waals surface area (Å²) in [6.07, 6.45) is 3.73. The minimum Gasteiger partial charge on any atom is -0.494 e. The Bertz CT molecular complexity index is 371. The van der Waals surface area contributed by atoms with Crippen molar-refractivity contribution in [3.05, 3.63) is 24.3 Å². The lowest BCUT2D eigenvalue weighted by Gasteiger charge is -2.21. The maximum Gasteiger partial charge on any atom is 0.121 e. The van der Waals surface area contributed by atoms with Crippen molar-refractivity contribution < 1.29 is 4.74 Å². The first-order chi connectivity index (χ1) is 8.14. The fourth-order valence-electron chi connectivity index (χ4n) is 1.95. The van der Waals surface area contributed by atoms with E-state index in [1.54, 1.807) is 0 Å². The molecule has 2 nitrogen and oxygen atoms in total. The molecule has 0 heterocycles. The minimum atomic E-state index is 0.500. The molecule has 0 radical (unpaired) electrons. The second kappa shape index (κ2) is 4.99. The summed E-state index contributed by atoms with van der Waals surface area (Å²) in [6.45, 7) is 7.53. The van der Waals surface area contributed by atoms with Gasteiger partial charge in [0, 0.05) is 17.8 Å². The highest BCUT2D eigenvalue weighted by Gasteiger charge is 2.42. The number of benzene rings is 1. The Morgan fingerprint density at radius 1 is 1.41 bits per heavy atom. The summed E-state index contributed by atoms with van der Waals surface area (Å²) < 4.78 is 5.64. The zero-order valence-electron chi connectivity index (χ0n) is 11.1. The molecule has 2 rings (SSSR count). The van der Waals surface area contributed by atoms with Crippen molar-refractivity contribution in [2.75, 3.05) is 11.9 Å². The Morgan fingerprint density at radius 3 is 2.82 bits per heavy atom. The maximum absolute atomic E-state index is 5.64. The zero-order chi connectivity index (χ0) is 12.3. The van der Waals surface area contributed by atoms with Crippen LogP contribution in [0.3, 0.4) is 0 Å². The molecule has 94 valence electrons. The van der Waals surface area contributed by atoms with Crippen molar-refractivity contribution >= 4 is 5.69 Å². The second-order valence-electron chi connectivity index (χ2n) is 5.40. The van der Waals surface area contributed by atoms with Crippen LogP contribution in [0.25, 0.3) is 0 Å². The monoisotopic (exact) mass is 233 g/mol. The van der Waals surface area contributed by atoms with Gasteiger partial charge in [0.25, 0.3) is 0 Å². The SMILES string of the molecule is CCCOc1cccc(NC(C)C2(C)CC2)c1. The first-order valence-corrected chi connectivity index (χ1v) is 6.63. The molecule has 17 heavy (non-hydrogen) atoms. The lowest BCUT2D eigenvalue weighted by Crippen LogP contribution is -2.24. The molecule has 0 aliphatic heterocycles. The highest BCUT2D eigenvalue weighted by Crippen LogP contribution is 2.48. The Morgan fingerprint density at radius 2 is 2.18 bits per heavy atom. The molecule has 0 saturated heterocycles. The molecule has 0 bridgehead atoms. The standard InChI is InChI=1S/C15H23NO/c1-4-10-17-14-7-5-6-13(11-14)16-12(2)15(3)8-9-15/h5-7,11-12,16H,4,8-10H2,1-3H3. The fourth-order valence-corrected chi connectivity index (χ4v) is 1.95. The van der Waals surface area contributed by atoms with Gasteiger partial charge in [0.05, 0.1) is 6.61 Å². The number of rotatable bonds is 6. The van der Waals surface area contributed by atoms with Gasteiger partial charge in [-0.3, -0.25) is 0 Å². The van der Waals surface area contributed by atoms with Crippen LogP contribution in [-0.2, 0) is 0 Å². The van der Waals surface area contributed by atoms with E-state index in [9.17, 15) is 0 Å². The Balaban J connectivity index is 1.96. The number of nitrogens with one attached hydrogen (secondary N) is 1. The van der Waals surface area contributed by atoms with Crippen molar-refractivity contribution in [3.8, 4) is 5.75 Å². The minimum absolute atomic E-state index is 0.500. The zero-order valence-corrected chi connectivity index (χ0v) is 11.1. The van der Waals surface area contributed by atoms with Crippen molar-refractivity contribution in [3.63, 3.8) is 0 Å². The second-order valence-corrected chi connectivity index (χ2v) is 5.40. The average Bonchev–Trinajstić information content (AvgIpc) is 3.07. The Kier molecular flexibility index (Phi) is 3.60. The van der Waals surface area contributed by atoms with Crippen molar-refractivity contribution in [1.82, 2.24) is 0 Å². The van der Waals surface area contributed by atoms with E-state index in [1.807, 2.05) is 6.07 Å². The first-order valence-electron chi connectivity index (χ1n) is 6.63. The van der Waals surface area contributed by atoms with E-state index < -0.39 is 0 Å². The van der Waals surface area contributed by atoms with Gasteiger partial charge in [-0.1, -0.05) is 19.9 Å². The summed E-state index contributed by atoms with van der Waals surface area (Å²) in [7, 11) is 0. The van der Waals surface area contributed by atoms with Gasteiger partial charge in [-0.05, 0) is 43.7 Å². The highest BCUT2D eigenvalue weighted by atomic mass is 16.5. The van der Waals surface area contributed by atoms with Crippen LogP contribution < -0.4 is 10.1 Å². The summed E-state index contributed by atoms with van der Waals surface area (Å²) in [6, 6.07) is 8.81. The summed E-state index contributed by atoms with van der Waals surface area (Å²) >= 11 is 0. The normalized spacial score (nSPS) is 18.5. The molecule has 0 aromatic heterocycles. The van der Waals surface area contributed by atoms with Crippen LogP contribution in [0.5, 0.6) is 5.75 Å². The molecule has 1 aromatic rings. The molecule has 1 unspecified atom stereocenters. The molecule has 1 saturated carbocycles. The van der Waals surface area contributed by atoms with E-state index in [0.717, 1.165) is 18.8 Å². The van der Waals surface area contributed by atoms with Crippen LogP contribution >= 0.6 is 0 Å². The predicted molar refractivity (Wildman–Crippen MR) is 72.7 cm³/mol. The van der Waals surface area contributed by atoms with Gasteiger partial charge in [0.15, 0.2) is 0 Å². The third-order valence-electron chi connectivity index (χ3n) is 3.77. The lowest BCUT2D eigenvalue weighted by atomic mass is 10.0. The average molecular weight is 233 g/mol. The van der Waals surface area contributed by atoms with E-state index in [1.165, 1.54) is 18.5 Å². The molecule has 1 atom stereocenters. The van der Waals surface area contributed by atoms with E-state index in [4.69, 9.17) is 4.74 Å². The molecular weight excluding hydrogens is 210 g/mol. The van der Waals surface area contributed by atoms with E-state index >= 15 is 0 Å². The van der Waals surface area contributed by atoms with E-state index in [0.29, 0.717) is 11.5 Å². The molecule has 0 spiro atoms. The van der Waals surface area contributed by atoms with Crippen molar-refractivity contribution in [2.45, 2.75) is 46.1 Å². The number of hydrogen-bond donors (Lipinski definition) is 1. The molecular formula is C15H23NO. The lowest BCUT2D eigenvalue weighted by molar-refractivity contribution is 0.317. The van der Waals surface area contributed by atoms with Crippen LogP contribution in [0.2, 0.25) is 0 Å². The van der Waals surface area contributed by atoms with Gasteiger partial charge >= 0.3 is 0 Å². The van der Waals surface area contributed by atoms with Crippen LogP contribution in [0.15, 0.2) is 24.3 Å². The molecule has 1 aliphatic carbocycles. The Labute approximate surface area is 104 Å². The third-order valence-corrected chi connectivity index (χ3v) is 3.77. The molecule has 1 N–H and O–H groups in total. The van der Waals surface area contributed by atoms with Gasteiger partial charge in [0.1, 0.15) is 5.75 Å². The smallest absolute Gasteiger partial charge is 0.121 e. The number of hydrogen-bond acceptors (Lipinski definition) is 2. The maximum atomic E-state index is 5.64. The van der Waals surface area contributed by atoms with Crippen LogP contribution in [0, 0.1) is 5.41 Å². The summed E-state index contributed by atoms with van der Waals surface area (Å²) in [5.41, 5.74) is 1.67. The van der Waals surface area contributed by atoms with Crippen LogP contribution in [0.4, 0.5) is 5.69 Å². The summed E-state index contributed by atoms with van der Waals surface area (Å²) in [5, 5.41) is 3.58. The van der Waals surface area contributed by atoms with E-state index in [2.05, 4.69) is 44.3 Å². The number of anilines is 1. The summed E-state index contributed by atoms with van der Waals surface area (Å²) in [5.74, 6) is 0.963. The molecule has 2 heteroatoms. The molecule has 1 fully saturated rings. The van der Waals surface area contributed by atoms with Crippen molar-refractivity contribution in [2.24, 2.45) is 5.41 Å². The van der Waals surface area contributed by atoms with Gasteiger partial charge < -0.3 is 10.1 Å². The van der Waals surface area contributed by atoms with Gasteiger partial charge in [0.2, 0.25) is 0 Å². The van der Waals surface area contributed by atoms with Crippen molar-refractivity contribution in [1.29, 1.82) is 0 Å². The third kappa shape index (κ3) is 3.15. The van der Waals surface area contributed by atoms with Gasteiger partial charge in [-0.25, -0.2) is 0 Å². The van der Waals surface area contributed by atoms with Crippen LogP contribution in [-0.4, -0.2) is 12.6 Å². The first kappa shape index (κ1) is 12.3. The topological polar surface area (TPSA) is 21.3 Å². The summed E-state index contributed by atoms with van der Waals surface area (Å²) in [4.78, 5) is 0. The quantitative estimate of drug-likeness (QED) is 0.799. The molecule has 1 aliphatic rings. The predicted octanol–water partition coefficient (Wildman–Crippen LogP) is 4.08. The molecule has 1 aromatic carbocycles. The molecule has 0 amide bonds. The van der Waals surface area contributed by atoms with Crippen LogP contribution in [0.1, 0.15) is 40.0 Å². The van der Waals surface area contributed by atoms with E-state index in [-0.39, 0.29) is 0 Å².